The molecule has 144 valence electrons. The molecule has 2 aromatic carbocycles. The van der Waals surface area contributed by atoms with Crippen LogP contribution in [0.1, 0.15) is 17.3 Å². The molecule has 0 aliphatic carbocycles. The Morgan fingerprint density at radius 3 is 2.75 bits per heavy atom. The van der Waals surface area contributed by atoms with Gasteiger partial charge in [0.15, 0.2) is 4.80 Å². The van der Waals surface area contributed by atoms with Gasteiger partial charge in [0.1, 0.15) is 12.4 Å². The largest absolute Gasteiger partial charge is 0.465 e. The van der Waals surface area contributed by atoms with Crippen LogP contribution >= 0.6 is 11.3 Å². The van der Waals surface area contributed by atoms with Crippen LogP contribution in [0.25, 0.3) is 10.2 Å². The van der Waals surface area contributed by atoms with Crippen LogP contribution < -0.4 is 4.80 Å². The van der Waals surface area contributed by atoms with Gasteiger partial charge in [0.05, 0.1) is 21.7 Å². The van der Waals surface area contributed by atoms with Gasteiger partial charge in [-0.2, -0.15) is 4.99 Å². The number of halogens is 1. The molecule has 1 heterocycles. The van der Waals surface area contributed by atoms with Gasteiger partial charge in [0, 0.05) is 17.7 Å². The predicted molar refractivity (Wildman–Crippen MR) is 99.4 cm³/mol. The molecule has 0 saturated heterocycles. The molecule has 28 heavy (non-hydrogen) atoms. The fourth-order valence-corrected chi connectivity index (χ4v) is 3.53. The second-order valence-corrected chi connectivity index (χ2v) is 6.62. The van der Waals surface area contributed by atoms with E-state index in [-0.39, 0.29) is 29.2 Å². The Morgan fingerprint density at radius 1 is 1.29 bits per heavy atom. The molecule has 0 N–H and O–H groups in total. The van der Waals surface area contributed by atoms with E-state index >= 15 is 0 Å². The fraction of sp³-hybridized carbons (Fsp3) is 0.167. The molecular formula is C18H14FN3O5S. The highest BCUT2D eigenvalue weighted by molar-refractivity contribution is 7.16. The molecule has 0 fully saturated rings. The molecule has 10 heteroatoms. The van der Waals surface area contributed by atoms with Gasteiger partial charge >= 0.3 is 5.97 Å². The Hall–Kier alpha value is -3.40. The number of esters is 1. The maximum atomic E-state index is 13.4. The van der Waals surface area contributed by atoms with Gasteiger partial charge < -0.3 is 9.30 Å². The van der Waals surface area contributed by atoms with Gasteiger partial charge in [0.2, 0.25) is 0 Å². The van der Waals surface area contributed by atoms with Crippen molar-refractivity contribution in [2.75, 3.05) is 6.61 Å². The molecule has 0 bridgehead atoms. The van der Waals surface area contributed by atoms with Gasteiger partial charge in [-0.25, -0.2) is 4.39 Å². The van der Waals surface area contributed by atoms with Crippen molar-refractivity contribution in [1.82, 2.24) is 4.57 Å². The second-order valence-electron chi connectivity index (χ2n) is 5.61. The van der Waals surface area contributed by atoms with E-state index in [0.29, 0.717) is 10.2 Å². The first-order valence-corrected chi connectivity index (χ1v) is 8.98. The third-order valence-electron chi connectivity index (χ3n) is 3.74. The first-order valence-electron chi connectivity index (χ1n) is 8.17. The van der Waals surface area contributed by atoms with E-state index in [2.05, 4.69) is 4.99 Å². The number of amides is 1. The highest BCUT2D eigenvalue weighted by atomic mass is 32.1. The summed E-state index contributed by atoms with van der Waals surface area (Å²) in [5, 5.41) is 11.1. The summed E-state index contributed by atoms with van der Waals surface area (Å²) in [5.74, 6) is -1.85. The summed E-state index contributed by atoms with van der Waals surface area (Å²) < 4.78 is 20.3. The quantitative estimate of drug-likeness (QED) is 0.370. The third-order valence-corrected chi connectivity index (χ3v) is 4.80. The van der Waals surface area contributed by atoms with Crippen LogP contribution in [0.3, 0.4) is 0 Å². The molecule has 8 nitrogen and oxygen atoms in total. The number of carbonyl (C=O) groups is 2. The van der Waals surface area contributed by atoms with Gasteiger partial charge in [-0.15, -0.1) is 0 Å². The molecule has 0 aliphatic heterocycles. The van der Waals surface area contributed by atoms with Gasteiger partial charge in [0.25, 0.3) is 11.6 Å². The fourth-order valence-electron chi connectivity index (χ4n) is 2.52. The SMILES string of the molecule is CCOC(=O)Cn1c(=NC(=O)c2cccc(F)c2)sc2ccc([N+](=O)[O-])cc21. The summed E-state index contributed by atoms with van der Waals surface area (Å²) in [7, 11) is 0. The maximum Gasteiger partial charge on any atom is 0.326 e. The van der Waals surface area contributed by atoms with Crippen LogP contribution in [0, 0.1) is 15.9 Å². The lowest BCUT2D eigenvalue weighted by molar-refractivity contribution is -0.384. The van der Waals surface area contributed by atoms with E-state index in [1.807, 2.05) is 0 Å². The van der Waals surface area contributed by atoms with Gasteiger partial charge in [-0.05, 0) is 31.2 Å². The highest BCUT2D eigenvalue weighted by Gasteiger charge is 2.16. The zero-order valence-electron chi connectivity index (χ0n) is 14.6. The lowest BCUT2D eigenvalue weighted by atomic mass is 10.2. The standard InChI is InChI=1S/C18H14FN3O5S/c1-2-27-16(23)10-21-14-9-13(22(25)26)6-7-15(14)28-18(21)20-17(24)11-4-3-5-12(19)8-11/h3-9H,2,10H2,1H3. The van der Waals surface area contributed by atoms with E-state index in [4.69, 9.17) is 4.74 Å². The summed E-state index contributed by atoms with van der Waals surface area (Å²) in [6, 6.07) is 9.21. The summed E-state index contributed by atoms with van der Waals surface area (Å²) >= 11 is 1.08. The van der Waals surface area contributed by atoms with Crippen molar-refractivity contribution in [3.8, 4) is 0 Å². The normalized spacial score (nSPS) is 11.6. The minimum Gasteiger partial charge on any atom is -0.465 e. The molecular weight excluding hydrogens is 389 g/mol. The summed E-state index contributed by atoms with van der Waals surface area (Å²) in [6.07, 6.45) is 0. The molecule has 0 unspecified atom stereocenters. The average Bonchev–Trinajstić information content (AvgIpc) is 2.98. The second kappa shape index (κ2) is 8.09. The van der Waals surface area contributed by atoms with Crippen LogP contribution in [0.15, 0.2) is 47.5 Å². The number of rotatable bonds is 5. The first-order chi connectivity index (χ1) is 13.4. The Bertz CT molecular complexity index is 1150. The van der Waals surface area contributed by atoms with Crippen LogP contribution in [0.2, 0.25) is 0 Å². The lowest BCUT2D eigenvalue weighted by Crippen LogP contribution is -2.23. The van der Waals surface area contributed by atoms with Gasteiger partial charge in [-0.1, -0.05) is 17.4 Å². The Labute approximate surface area is 161 Å². The molecule has 0 spiro atoms. The van der Waals surface area contributed by atoms with Crippen molar-refractivity contribution in [2.45, 2.75) is 13.5 Å². The summed E-state index contributed by atoms with van der Waals surface area (Å²) in [6.45, 7) is 1.54. The molecule has 0 saturated carbocycles. The number of benzene rings is 2. The smallest absolute Gasteiger partial charge is 0.326 e. The summed E-state index contributed by atoms with van der Waals surface area (Å²) in [5.41, 5.74) is 0.259. The predicted octanol–water partition coefficient (Wildman–Crippen LogP) is 3.05. The average molecular weight is 403 g/mol. The molecule has 1 aromatic heterocycles. The van der Waals surface area contributed by atoms with Crippen LogP contribution in [-0.4, -0.2) is 28.0 Å². The Morgan fingerprint density at radius 2 is 2.07 bits per heavy atom. The van der Waals surface area contributed by atoms with E-state index in [1.165, 1.54) is 41.0 Å². The number of thiazole rings is 1. The van der Waals surface area contributed by atoms with Crippen molar-refractivity contribution >= 4 is 39.1 Å². The van der Waals surface area contributed by atoms with Crippen LogP contribution in [0.4, 0.5) is 10.1 Å². The summed E-state index contributed by atoms with van der Waals surface area (Å²) in [4.78, 5) is 39.1. The monoisotopic (exact) mass is 403 g/mol. The van der Waals surface area contributed by atoms with E-state index in [0.717, 1.165) is 17.4 Å². The van der Waals surface area contributed by atoms with Crippen molar-refractivity contribution in [1.29, 1.82) is 0 Å². The highest BCUT2D eigenvalue weighted by Crippen LogP contribution is 2.23. The van der Waals surface area contributed by atoms with Crippen molar-refractivity contribution in [2.24, 2.45) is 4.99 Å². The molecule has 0 radical (unpaired) electrons. The number of hydrogen-bond acceptors (Lipinski definition) is 6. The number of nitro groups is 1. The van der Waals surface area contributed by atoms with Crippen LogP contribution in [-0.2, 0) is 16.1 Å². The number of carbonyl (C=O) groups excluding carboxylic acids is 2. The van der Waals surface area contributed by atoms with Gasteiger partial charge in [-0.3, -0.25) is 19.7 Å². The van der Waals surface area contributed by atoms with Crippen molar-refractivity contribution in [3.05, 3.63) is 68.8 Å². The van der Waals surface area contributed by atoms with Crippen LogP contribution in [0.5, 0.6) is 0 Å². The number of nitrogens with zero attached hydrogens (tertiary/aromatic N) is 3. The number of hydrogen-bond donors (Lipinski definition) is 0. The molecule has 0 atom stereocenters. The number of nitro benzene ring substituents is 1. The maximum absolute atomic E-state index is 13.4. The number of aromatic nitrogens is 1. The van der Waals surface area contributed by atoms with E-state index in [9.17, 15) is 24.1 Å². The topological polar surface area (TPSA) is 104 Å². The molecule has 3 rings (SSSR count). The zero-order valence-corrected chi connectivity index (χ0v) is 15.4. The lowest BCUT2D eigenvalue weighted by Gasteiger charge is -2.05. The number of fused-ring (bicyclic) bond motifs is 1. The number of non-ortho nitro benzene ring substituents is 1. The molecule has 1 amide bonds. The first kappa shape index (κ1) is 19.4. The molecule has 0 aliphatic rings. The third kappa shape index (κ3) is 4.12. The number of ether oxygens (including phenoxy) is 1. The van der Waals surface area contributed by atoms with Crippen molar-refractivity contribution < 1.29 is 23.6 Å². The van der Waals surface area contributed by atoms with E-state index in [1.54, 1.807) is 6.92 Å². The minimum absolute atomic E-state index is 0.0473. The Balaban J connectivity index is 2.15. The molecule has 3 aromatic rings. The minimum atomic E-state index is -0.696. The Kier molecular flexibility index (Phi) is 5.59. The zero-order chi connectivity index (χ0) is 20.3. The van der Waals surface area contributed by atoms with E-state index < -0.39 is 22.6 Å². The van der Waals surface area contributed by atoms with Crippen molar-refractivity contribution in [3.63, 3.8) is 0 Å².